The third-order valence-electron chi connectivity index (χ3n) is 4.59. The quantitative estimate of drug-likeness (QED) is 0.389. The fourth-order valence-electron chi connectivity index (χ4n) is 3.21. The summed E-state index contributed by atoms with van der Waals surface area (Å²) in [5, 5.41) is 4.12. The van der Waals surface area contributed by atoms with Gasteiger partial charge in [0.1, 0.15) is 0 Å². The average molecular weight is 386 g/mol. The minimum Gasteiger partial charge on any atom is -0.493 e. The molecule has 28 heavy (non-hydrogen) atoms. The monoisotopic (exact) mass is 385 g/mol. The first kappa shape index (κ1) is 21.5. The van der Waals surface area contributed by atoms with Crippen LogP contribution >= 0.6 is 0 Å². The number of aromatic nitrogens is 1. The summed E-state index contributed by atoms with van der Waals surface area (Å²) < 4.78 is 13.3. The van der Waals surface area contributed by atoms with Gasteiger partial charge in [-0.25, -0.2) is 5.43 Å². The highest BCUT2D eigenvalue weighted by molar-refractivity contribution is 5.95. The van der Waals surface area contributed by atoms with E-state index in [0.717, 1.165) is 24.1 Å². The maximum absolute atomic E-state index is 12.4. The van der Waals surface area contributed by atoms with Crippen molar-refractivity contribution in [3.8, 4) is 11.5 Å². The number of methoxy groups -OCH3 is 1. The van der Waals surface area contributed by atoms with Crippen LogP contribution in [0.15, 0.2) is 29.4 Å². The predicted octanol–water partition coefficient (Wildman–Crippen LogP) is 4.64. The summed E-state index contributed by atoms with van der Waals surface area (Å²) in [6.45, 7) is 11.1. The highest BCUT2D eigenvalue weighted by Crippen LogP contribution is 2.28. The highest BCUT2D eigenvalue weighted by atomic mass is 16.5. The second kappa shape index (κ2) is 9.97. The number of nitrogens with zero attached hydrogens (tertiary/aromatic N) is 2. The molecule has 1 N–H and O–H groups in total. The third-order valence-corrected chi connectivity index (χ3v) is 4.59. The van der Waals surface area contributed by atoms with Crippen LogP contribution in [0.2, 0.25) is 0 Å². The number of hydrogen-bond donors (Lipinski definition) is 1. The van der Waals surface area contributed by atoms with Crippen molar-refractivity contribution in [2.45, 2.75) is 53.5 Å². The maximum atomic E-state index is 12.4. The second-order valence-electron chi connectivity index (χ2n) is 7.06. The van der Waals surface area contributed by atoms with Gasteiger partial charge in [-0.05, 0) is 58.4 Å². The second-order valence-corrected chi connectivity index (χ2v) is 7.06. The first-order valence-electron chi connectivity index (χ1n) is 9.71. The summed E-state index contributed by atoms with van der Waals surface area (Å²) in [6, 6.07) is 7.57. The number of aryl methyl sites for hydroxylation is 1. The number of ether oxygens (including phenoxy) is 2. The van der Waals surface area contributed by atoms with Gasteiger partial charge in [-0.1, -0.05) is 13.3 Å². The molecule has 1 aromatic carbocycles. The zero-order valence-corrected chi connectivity index (χ0v) is 17.7. The molecule has 0 aliphatic heterocycles. The molecule has 1 aromatic heterocycles. The van der Waals surface area contributed by atoms with E-state index in [9.17, 15) is 4.79 Å². The number of unbranched alkanes of at least 4 members (excludes halogenated alkanes) is 1. The Morgan fingerprint density at radius 3 is 2.61 bits per heavy atom. The van der Waals surface area contributed by atoms with Gasteiger partial charge in [0.2, 0.25) is 0 Å². The van der Waals surface area contributed by atoms with Crippen LogP contribution in [0, 0.1) is 13.8 Å². The van der Waals surface area contributed by atoms with E-state index in [0.29, 0.717) is 29.7 Å². The lowest BCUT2D eigenvalue weighted by atomic mass is 10.2. The molecular formula is C22H31N3O3. The van der Waals surface area contributed by atoms with Gasteiger partial charge in [-0.15, -0.1) is 0 Å². The molecular weight excluding hydrogens is 354 g/mol. The van der Waals surface area contributed by atoms with Crippen LogP contribution < -0.4 is 14.9 Å². The van der Waals surface area contributed by atoms with Gasteiger partial charge in [0, 0.05) is 28.6 Å². The molecule has 1 heterocycles. The Balaban J connectivity index is 2.07. The highest BCUT2D eigenvalue weighted by Gasteiger charge is 2.12. The molecule has 0 atom stereocenters. The molecule has 0 aliphatic carbocycles. The van der Waals surface area contributed by atoms with Crippen molar-refractivity contribution in [1.29, 1.82) is 0 Å². The lowest BCUT2D eigenvalue weighted by Crippen LogP contribution is -2.17. The van der Waals surface area contributed by atoms with Crippen molar-refractivity contribution in [2.75, 3.05) is 13.7 Å². The Bertz CT molecular complexity index is 838. The van der Waals surface area contributed by atoms with Crippen LogP contribution in [-0.2, 0) is 0 Å². The number of rotatable bonds is 9. The van der Waals surface area contributed by atoms with Crippen molar-refractivity contribution >= 4 is 12.1 Å². The Morgan fingerprint density at radius 1 is 1.25 bits per heavy atom. The van der Waals surface area contributed by atoms with Crippen LogP contribution in [0.1, 0.15) is 67.0 Å². The van der Waals surface area contributed by atoms with Crippen molar-refractivity contribution in [3.63, 3.8) is 0 Å². The number of amides is 1. The van der Waals surface area contributed by atoms with Crippen LogP contribution in [0.3, 0.4) is 0 Å². The molecule has 0 radical (unpaired) electrons. The van der Waals surface area contributed by atoms with Crippen molar-refractivity contribution < 1.29 is 14.3 Å². The van der Waals surface area contributed by atoms with Gasteiger partial charge < -0.3 is 14.0 Å². The molecule has 0 bridgehead atoms. The lowest BCUT2D eigenvalue weighted by molar-refractivity contribution is 0.0954. The minimum atomic E-state index is -0.299. The van der Waals surface area contributed by atoms with E-state index in [1.54, 1.807) is 31.5 Å². The molecule has 0 saturated carbocycles. The van der Waals surface area contributed by atoms with Gasteiger partial charge in [0.15, 0.2) is 11.5 Å². The molecule has 6 heteroatoms. The Labute approximate surface area is 167 Å². The molecule has 0 aliphatic rings. The van der Waals surface area contributed by atoms with E-state index in [1.165, 1.54) is 5.69 Å². The SMILES string of the molecule is CCCCOc1ccc(C(=O)N/N=C\c2cc(C)n(C(C)C)c2C)cc1OC. The number of benzene rings is 1. The zero-order chi connectivity index (χ0) is 20.7. The summed E-state index contributed by atoms with van der Waals surface area (Å²) in [6.07, 6.45) is 3.70. The molecule has 1 amide bonds. The molecule has 0 unspecified atom stereocenters. The first-order valence-corrected chi connectivity index (χ1v) is 9.71. The van der Waals surface area contributed by atoms with Gasteiger partial charge >= 0.3 is 0 Å². The van der Waals surface area contributed by atoms with Gasteiger partial charge in [-0.3, -0.25) is 4.79 Å². The largest absolute Gasteiger partial charge is 0.493 e. The first-order chi connectivity index (χ1) is 13.4. The van der Waals surface area contributed by atoms with Crippen LogP contribution in [0.4, 0.5) is 0 Å². The molecule has 0 fully saturated rings. The zero-order valence-electron chi connectivity index (χ0n) is 17.7. The predicted molar refractivity (Wildman–Crippen MR) is 113 cm³/mol. The number of carbonyl (C=O) groups excluding carboxylic acids is 1. The average Bonchev–Trinajstić information content (AvgIpc) is 2.95. The minimum absolute atomic E-state index is 0.299. The van der Waals surface area contributed by atoms with E-state index < -0.39 is 0 Å². The normalized spacial score (nSPS) is 11.2. The van der Waals surface area contributed by atoms with Gasteiger partial charge in [0.25, 0.3) is 5.91 Å². The topological polar surface area (TPSA) is 64.8 Å². The molecule has 6 nitrogen and oxygen atoms in total. The third kappa shape index (κ3) is 5.15. The van der Waals surface area contributed by atoms with Crippen molar-refractivity contribution in [2.24, 2.45) is 5.10 Å². The number of nitrogens with one attached hydrogen (secondary N) is 1. The van der Waals surface area contributed by atoms with Crippen LogP contribution in [0.25, 0.3) is 0 Å². The summed E-state index contributed by atoms with van der Waals surface area (Å²) in [4.78, 5) is 12.4. The molecule has 2 aromatic rings. The van der Waals surface area contributed by atoms with E-state index >= 15 is 0 Å². The number of hydrogen-bond acceptors (Lipinski definition) is 4. The van der Waals surface area contributed by atoms with Crippen molar-refractivity contribution in [3.05, 3.63) is 46.8 Å². The standard InChI is InChI=1S/C22H31N3O3/c1-7-8-11-28-20-10-9-18(13-21(20)27-6)22(26)24-23-14-19-12-16(4)25(15(2)3)17(19)5/h9-10,12-15H,7-8,11H2,1-6H3,(H,24,26)/b23-14-. The van der Waals surface area contributed by atoms with Gasteiger partial charge in [-0.2, -0.15) is 5.10 Å². The van der Waals surface area contributed by atoms with E-state index in [1.807, 2.05) is 0 Å². The molecule has 0 spiro atoms. The Morgan fingerprint density at radius 2 is 2.00 bits per heavy atom. The summed E-state index contributed by atoms with van der Waals surface area (Å²) in [7, 11) is 1.56. The fraction of sp³-hybridized carbons (Fsp3) is 0.455. The maximum Gasteiger partial charge on any atom is 0.271 e. The number of carbonyl (C=O) groups is 1. The van der Waals surface area contributed by atoms with Crippen molar-refractivity contribution in [1.82, 2.24) is 9.99 Å². The lowest BCUT2D eigenvalue weighted by Gasteiger charge is -2.13. The van der Waals surface area contributed by atoms with Crippen LogP contribution in [-0.4, -0.2) is 30.4 Å². The van der Waals surface area contributed by atoms with E-state index in [4.69, 9.17) is 9.47 Å². The van der Waals surface area contributed by atoms with E-state index in [2.05, 4.69) is 55.8 Å². The van der Waals surface area contributed by atoms with E-state index in [-0.39, 0.29) is 5.91 Å². The Kier molecular flexibility index (Phi) is 7.67. The summed E-state index contributed by atoms with van der Waals surface area (Å²) in [5.74, 6) is 0.873. The molecule has 152 valence electrons. The van der Waals surface area contributed by atoms with Crippen LogP contribution in [0.5, 0.6) is 11.5 Å². The summed E-state index contributed by atoms with van der Waals surface area (Å²) in [5.41, 5.74) is 6.33. The fourth-order valence-corrected chi connectivity index (χ4v) is 3.21. The Hall–Kier alpha value is -2.76. The number of hydrazone groups is 1. The molecule has 2 rings (SSSR count). The van der Waals surface area contributed by atoms with Gasteiger partial charge in [0.05, 0.1) is 19.9 Å². The molecule has 0 saturated heterocycles. The smallest absolute Gasteiger partial charge is 0.271 e. The summed E-state index contributed by atoms with van der Waals surface area (Å²) >= 11 is 0.